The second-order valence-electron chi connectivity index (χ2n) is 15.5. The molecular formula is C56H40. The zero-order valence-electron chi connectivity index (χ0n) is 31.7. The minimum Gasteiger partial charge on any atom is -0.0801 e. The lowest BCUT2D eigenvalue weighted by molar-refractivity contribution is 1.15. The van der Waals surface area contributed by atoms with Crippen LogP contribution in [-0.4, -0.2) is 0 Å². The van der Waals surface area contributed by atoms with E-state index in [2.05, 4.69) is 196 Å². The van der Waals surface area contributed by atoms with Gasteiger partial charge in [-0.05, 0) is 153 Å². The molecule has 0 amide bonds. The van der Waals surface area contributed by atoms with Gasteiger partial charge in [0.1, 0.15) is 0 Å². The van der Waals surface area contributed by atoms with Crippen LogP contribution in [0.4, 0.5) is 0 Å². The molecule has 0 spiro atoms. The van der Waals surface area contributed by atoms with Crippen LogP contribution in [0, 0.1) is 13.8 Å². The number of benzene rings is 10. The smallest absolute Gasteiger partial charge is 0.00141 e. The van der Waals surface area contributed by atoms with Gasteiger partial charge < -0.3 is 0 Å². The third kappa shape index (κ3) is 4.99. The van der Waals surface area contributed by atoms with E-state index in [1.807, 2.05) is 0 Å². The van der Waals surface area contributed by atoms with Crippen molar-refractivity contribution < 1.29 is 0 Å². The summed E-state index contributed by atoms with van der Waals surface area (Å²) in [4.78, 5) is 0. The highest BCUT2D eigenvalue weighted by Gasteiger charge is 2.22. The molecule has 0 bridgehead atoms. The van der Waals surface area contributed by atoms with Gasteiger partial charge in [0.25, 0.3) is 0 Å². The number of hydrogen-bond acceptors (Lipinski definition) is 0. The Kier molecular flexibility index (Phi) is 7.54. The number of rotatable bonds is 4. The van der Waals surface area contributed by atoms with Crippen molar-refractivity contribution in [3.05, 3.63) is 209 Å². The molecule has 10 aromatic rings. The lowest BCUT2D eigenvalue weighted by atomic mass is 9.81. The number of aryl methyl sites for hydroxylation is 2. The van der Waals surface area contributed by atoms with Crippen molar-refractivity contribution in [2.24, 2.45) is 0 Å². The van der Waals surface area contributed by atoms with Crippen molar-refractivity contribution in [1.29, 1.82) is 0 Å². The van der Waals surface area contributed by atoms with Crippen LogP contribution >= 0.6 is 0 Å². The molecule has 1 aliphatic rings. The predicted octanol–water partition coefficient (Wildman–Crippen LogP) is 15.3. The summed E-state index contributed by atoms with van der Waals surface area (Å²) in [5.41, 5.74) is 13.4. The van der Waals surface area contributed by atoms with E-state index in [-0.39, 0.29) is 0 Å². The van der Waals surface area contributed by atoms with Crippen LogP contribution < -0.4 is 0 Å². The van der Waals surface area contributed by atoms with Crippen LogP contribution in [0.1, 0.15) is 33.4 Å². The standard InChI is InChI=1S/C56H40/c1-35-32-38(29-28-37(35)33-53-36(2)40-16-6-7-17-41(40)42-18-10-12-22-46(42)53)55-49-24-4-3-5-25-50(49)56(52-27-15-14-26-51(52)55)39-30-31-48-45-21-9-8-19-43(45)44-20-11-13-23-47(44)54(48)34-39/h3-23,25-32,34H,24,33H2,1-2H3. The van der Waals surface area contributed by atoms with E-state index in [1.165, 1.54) is 120 Å². The van der Waals surface area contributed by atoms with Gasteiger partial charge in [-0.25, -0.2) is 0 Å². The molecule has 0 aromatic heterocycles. The predicted molar refractivity (Wildman–Crippen MR) is 243 cm³/mol. The van der Waals surface area contributed by atoms with E-state index in [0.717, 1.165) is 12.8 Å². The normalized spacial score (nSPS) is 12.7. The summed E-state index contributed by atoms with van der Waals surface area (Å²) in [6.45, 7) is 4.60. The Morgan fingerprint density at radius 2 is 0.893 bits per heavy atom. The highest BCUT2D eigenvalue weighted by atomic mass is 14.3. The zero-order chi connectivity index (χ0) is 37.3. The van der Waals surface area contributed by atoms with E-state index >= 15 is 0 Å². The SMILES string of the molecule is Cc1cc(-c2c3c(c(-c4ccc5c6ccccc6c6ccccc6c5c4)c4ccccc24)C=CC=CC3)ccc1Cc1c(C)c2ccccc2c2ccccc12. The fraction of sp³-hybridized carbons (Fsp3) is 0.0714. The van der Waals surface area contributed by atoms with Crippen LogP contribution in [0.25, 0.3) is 93.0 Å². The van der Waals surface area contributed by atoms with Gasteiger partial charge in [-0.1, -0.05) is 176 Å². The van der Waals surface area contributed by atoms with Gasteiger partial charge in [0.2, 0.25) is 0 Å². The molecule has 0 N–H and O–H groups in total. The number of allylic oxidation sites excluding steroid dienone is 3. The highest BCUT2D eigenvalue weighted by Crippen LogP contribution is 2.46. The fourth-order valence-corrected chi connectivity index (χ4v) is 9.89. The summed E-state index contributed by atoms with van der Waals surface area (Å²) < 4.78 is 0. The van der Waals surface area contributed by atoms with Crippen LogP contribution in [0.5, 0.6) is 0 Å². The van der Waals surface area contributed by atoms with Gasteiger partial charge in [0.05, 0.1) is 0 Å². The summed E-state index contributed by atoms with van der Waals surface area (Å²) in [7, 11) is 0. The van der Waals surface area contributed by atoms with Crippen molar-refractivity contribution in [3.8, 4) is 22.3 Å². The van der Waals surface area contributed by atoms with Crippen molar-refractivity contribution in [2.45, 2.75) is 26.7 Å². The van der Waals surface area contributed by atoms with Crippen LogP contribution in [0.2, 0.25) is 0 Å². The van der Waals surface area contributed by atoms with Crippen LogP contribution in [-0.2, 0) is 12.8 Å². The summed E-state index contributed by atoms with van der Waals surface area (Å²) in [6.07, 6.45) is 10.9. The molecule has 0 heterocycles. The first-order valence-electron chi connectivity index (χ1n) is 19.9. The Bertz CT molecular complexity index is 3280. The monoisotopic (exact) mass is 712 g/mol. The van der Waals surface area contributed by atoms with Crippen molar-refractivity contribution in [3.63, 3.8) is 0 Å². The molecular weight excluding hydrogens is 673 g/mol. The average molecular weight is 713 g/mol. The molecule has 11 rings (SSSR count). The van der Waals surface area contributed by atoms with E-state index in [1.54, 1.807) is 0 Å². The van der Waals surface area contributed by atoms with Gasteiger partial charge in [-0.3, -0.25) is 0 Å². The Morgan fingerprint density at radius 3 is 1.54 bits per heavy atom. The van der Waals surface area contributed by atoms with Gasteiger partial charge in [-0.15, -0.1) is 0 Å². The maximum Gasteiger partial charge on any atom is -0.00141 e. The van der Waals surface area contributed by atoms with Gasteiger partial charge >= 0.3 is 0 Å². The molecule has 0 heteroatoms. The molecule has 0 saturated heterocycles. The fourth-order valence-electron chi connectivity index (χ4n) is 9.89. The average Bonchev–Trinajstić information content (AvgIpc) is 3.50. The molecule has 0 fully saturated rings. The van der Waals surface area contributed by atoms with E-state index in [4.69, 9.17) is 0 Å². The lowest BCUT2D eigenvalue weighted by Gasteiger charge is -2.22. The Labute approximate surface area is 327 Å². The molecule has 1 aliphatic carbocycles. The third-order valence-corrected chi connectivity index (χ3v) is 12.6. The van der Waals surface area contributed by atoms with Gasteiger partial charge in [0.15, 0.2) is 0 Å². The molecule has 56 heavy (non-hydrogen) atoms. The quantitative estimate of drug-likeness (QED) is 0.159. The number of fused-ring (bicyclic) bond motifs is 11. The van der Waals surface area contributed by atoms with Crippen LogP contribution in [0.15, 0.2) is 176 Å². The maximum atomic E-state index is 2.45. The summed E-state index contributed by atoms with van der Waals surface area (Å²) >= 11 is 0. The summed E-state index contributed by atoms with van der Waals surface area (Å²) in [5.74, 6) is 0. The molecule has 0 radical (unpaired) electrons. The first kappa shape index (κ1) is 32.7. The molecule has 0 aliphatic heterocycles. The molecule has 10 aromatic carbocycles. The Balaban J connectivity index is 1.10. The topological polar surface area (TPSA) is 0 Å². The third-order valence-electron chi connectivity index (χ3n) is 12.6. The van der Waals surface area contributed by atoms with Gasteiger partial charge in [0, 0.05) is 0 Å². The lowest BCUT2D eigenvalue weighted by Crippen LogP contribution is -2.01. The van der Waals surface area contributed by atoms with Crippen LogP contribution in [0.3, 0.4) is 0 Å². The Hall–Kier alpha value is -6.76. The first-order valence-corrected chi connectivity index (χ1v) is 19.9. The van der Waals surface area contributed by atoms with E-state index < -0.39 is 0 Å². The zero-order valence-corrected chi connectivity index (χ0v) is 31.7. The molecule has 0 unspecified atom stereocenters. The Morgan fingerprint density at radius 1 is 0.411 bits per heavy atom. The molecule has 0 saturated carbocycles. The largest absolute Gasteiger partial charge is 0.0801 e. The van der Waals surface area contributed by atoms with Crippen molar-refractivity contribution in [2.75, 3.05) is 0 Å². The van der Waals surface area contributed by atoms with E-state index in [9.17, 15) is 0 Å². The minimum atomic E-state index is 0.875. The second-order valence-corrected chi connectivity index (χ2v) is 15.5. The molecule has 0 nitrogen and oxygen atoms in total. The van der Waals surface area contributed by atoms with Crippen molar-refractivity contribution in [1.82, 2.24) is 0 Å². The highest BCUT2D eigenvalue weighted by molar-refractivity contribution is 6.26. The van der Waals surface area contributed by atoms with Gasteiger partial charge in [-0.2, -0.15) is 0 Å². The molecule has 264 valence electrons. The maximum absolute atomic E-state index is 2.45. The number of hydrogen-bond donors (Lipinski definition) is 0. The molecule has 0 atom stereocenters. The summed E-state index contributed by atoms with van der Waals surface area (Å²) in [6, 6.07) is 59.0. The first-order chi connectivity index (χ1) is 27.6. The summed E-state index contributed by atoms with van der Waals surface area (Å²) in [5, 5.41) is 15.8. The van der Waals surface area contributed by atoms with Crippen molar-refractivity contribution >= 4 is 70.7 Å². The minimum absolute atomic E-state index is 0.875. The second kappa shape index (κ2) is 12.9. The van der Waals surface area contributed by atoms with E-state index in [0.29, 0.717) is 0 Å².